The topological polar surface area (TPSA) is 32.3 Å². The van der Waals surface area contributed by atoms with E-state index in [2.05, 4.69) is 5.43 Å². The summed E-state index contributed by atoms with van der Waals surface area (Å²) in [4.78, 5) is 11.1. The third kappa shape index (κ3) is 3.22. The van der Waals surface area contributed by atoms with Gasteiger partial charge in [0.05, 0.1) is 0 Å². The number of carbonyl (C=O) groups is 1. The molecule has 0 saturated heterocycles. The minimum absolute atomic E-state index is 0.145. The monoisotopic (exact) mass is 170 g/mol. The van der Waals surface area contributed by atoms with E-state index < -0.39 is 0 Å². The molecule has 0 atom stereocenters. The van der Waals surface area contributed by atoms with Crippen molar-refractivity contribution in [3.8, 4) is 0 Å². The Labute approximate surface area is 74.1 Å². The number of hydrogen-bond donors (Lipinski definition) is 1. The average Bonchev–Trinajstić information content (AvgIpc) is 1.81. The van der Waals surface area contributed by atoms with Crippen molar-refractivity contribution >= 4 is 5.91 Å². The summed E-state index contributed by atoms with van der Waals surface area (Å²) in [6, 6.07) is 0. The molecule has 12 heavy (non-hydrogen) atoms. The Balaban J connectivity index is 2.01. The minimum atomic E-state index is 0.145. The number of nitrogens with zero attached hydrogens (tertiary/aromatic N) is 1. The molecule has 0 heterocycles. The standard InChI is InChI=1S/C9H18N2O/c1-11(2)10-9(12)7-6-8-4-3-5-8/h8H,3-7H2,1-2H3,(H,10,12). The molecule has 0 unspecified atom stereocenters. The molecule has 1 fully saturated rings. The molecule has 0 aromatic rings. The van der Waals surface area contributed by atoms with Crippen LogP contribution in [-0.2, 0) is 4.79 Å². The average molecular weight is 170 g/mol. The Bertz CT molecular complexity index is 153. The number of carbonyl (C=O) groups excluding carboxylic acids is 1. The van der Waals surface area contributed by atoms with Gasteiger partial charge in [-0.15, -0.1) is 0 Å². The highest BCUT2D eigenvalue weighted by molar-refractivity contribution is 5.75. The summed E-state index contributed by atoms with van der Waals surface area (Å²) in [5, 5.41) is 1.70. The third-order valence-corrected chi connectivity index (χ3v) is 2.35. The lowest BCUT2D eigenvalue weighted by Crippen LogP contribution is -2.36. The zero-order valence-electron chi connectivity index (χ0n) is 7.97. The van der Waals surface area contributed by atoms with Gasteiger partial charge >= 0.3 is 0 Å². The first-order chi connectivity index (χ1) is 5.68. The Morgan fingerprint density at radius 1 is 1.50 bits per heavy atom. The van der Waals surface area contributed by atoms with Crippen molar-refractivity contribution in [2.45, 2.75) is 32.1 Å². The van der Waals surface area contributed by atoms with Crippen molar-refractivity contribution in [2.75, 3.05) is 14.1 Å². The second-order valence-electron chi connectivity index (χ2n) is 3.77. The van der Waals surface area contributed by atoms with Crippen molar-refractivity contribution in [2.24, 2.45) is 5.92 Å². The van der Waals surface area contributed by atoms with E-state index in [0.717, 1.165) is 12.3 Å². The molecular weight excluding hydrogens is 152 g/mol. The quantitative estimate of drug-likeness (QED) is 0.642. The number of nitrogens with one attached hydrogen (secondary N) is 1. The maximum atomic E-state index is 11.1. The molecule has 0 bridgehead atoms. The molecule has 1 N–H and O–H groups in total. The summed E-state index contributed by atoms with van der Waals surface area (Å²) in [5.74, 6) is 0.977. The van der Waals surface area contributed by atoms with Gasteiger partial charge in [0.1, 0.15) is 0 Å². The molecule has 1 aliphatic carbocycles. The second-order valence-corrected chi connectivity index (χ2v) is 3.77. The predicted octanol–water partition coefficient (Wildman–Crippen LogP) is 1.16. The van der Waals surface area contributed by atoms with Crippen LogP contribution in [0.15, 0.2) is 0 Å². The van der Waals surface area contributed by atoms with E-state index in [-0.39, 0.29) is 5.91 Å². The van der Waals surface area contributed by atoms with Crippen LogP contribution in [0.25, 0.3) is 0 Å². The van der Waals surface area contributed by atoms with Crippen LogP contribution in [0.2, 0.25) is 0 Å². The van der Waals surface area contributed by atoms with Crippen molar-refractivity contribution in [3.63, 3.8) is 0 Å². The maximum Gasteiger partial charge on any atom is 0.234 e. The fraction of sp³-hybridized carbons (Fsp3) is 0.889. The zero-order chi connectivity index (χ0) is 8.97. The third-order valence-electron chi connectivity index (χ3n) is 2.35. The van der Waals surface area contributed by atoms with Gasteiger partial charge in [-0.1, -0.05) is 19.3 Å². The van der Waals surface area contributed by atoms with Gasteiger partial charge < -0.3 is 0 Å². The highest BCUT2D eigenvalue weighted by Crippen LogP contribution is 2.30. The van der Waals surface area contributed by atoms with Gasteiger partial charge in [-0.05, 0) is 12.3 Å². The lowest BCUT2D eigenvalue weighted by Gasteiger charge is -2.25. The molecule has 3 nitrogen and oxygen atoms in total. The Morgan fingerprint density at radius 3 is 2.58 bits per heavy atom. The lowest BCUT2D eigenvalue weighted by molar-refractivity contribution is -0.125. The van der Waals surface area contributed by atoms with Gasteiger partial charge in [0.15, 0.2) is 0 Å². The largest absolute Gasteiger partial charge is 0.289 e. The molecule has 0 aromatic heterocycles. The molecular formula is C9H18N2O. The van der Waals surface area contributed by atoms with Crippen LogP contribution in [-0.4, -0.2) is 25.0 Å². The van der Waals surface area contributed by atoms with Gasteiger partial charge in [-0.2, -0.15) is 0 Å². The molecule has 0 aliphatic heterocycles. The minimum Gasteiger partial charge on any atom is -0.289 e. The Kier molecular flexibility index (Phi) is 3.53. The lowest BCUT2D eigenvalue weighted by atomic mass is 9.82. The van der Waals surface area contributed by atoms with Crippen LogP contribution in [0.1, 0.15) is 32.1 Å². The number of amides is 1. The Morgan fingerprint density at radius 2 is 2.17 bits per heavy atom. The van der Waals surface area contributed by atoms with E-state index in [1.165, 1.54) is 19.3 Å². The number of hydrazine groups is 1. The van der Waals surface area contributed by atoms with Gasteiger partial charge in [0.25, 0.3) is 0 Å². The molecule has 1 rings (SSSR count). The van der Waals surface area contributed by atoms with Crippen molar-refractivity contribution in [1.29, 1.82) is 0 Å². The normalized spacial score (nSPS) is 17.6. The highest BCUT2D eigenvalue weighted by Gasteiger charge is 2.18. The van der Waals surface area contributed by atoms with Crippen LogP contribution < -0.4 is 5.43 Å². The molecule has 1 amide bonds. The first-order valence-corrected chi connectivity index (χ1v) is 4.65. The summed E-state index contributed by atoms with van der Waals surface area (Å²) >= 11 is 0. The highest BCUT2D eigenvalue weighted by atomic mass is 16.2. The Hall–Kier alpha value is -0.570. The fourth-order valence-corrected chi connectivity index (χ4v) is 1.42. The van der Waals surface area contributed by atoms with Crippen LogP contribution in [0.3, 0.4) is 0 Å². The molecule has 1 saturated carbocycles. The van der Waals surface area contributed by atoms with Crippen LogP contribution >= 0.6 is 0 Å². The van der Waals surface area contributed by atoms with E-state index in [1.54, 1.807) is 5.01 Å². The summed E-state index contributed by atoms with van der Waals surface area (Å²) in [6.07, 6.45) is 5.77. The summed E-state index contributed by atoms with van der Waals surface area (Å²) in [5.41, 5.74) is 2.74. The van der Waals surface area contributed by atoms with Crippen LogP contribution in [0, 0.1) is 5.92 Å². The van der Waals surface area contributed by atoms with E-state index in [9.17, 15) is 4.79 Å². The molecule has 3 heteroatoms. The molecule has 0 spiro atoms. The molecule has 0 aromatic carbocycles. The van der Waals surface area contributed by atoms with Gasteiger partial charge in [0.2, 0.25) is 5.91 Å². The molecule has 70 valence electrons. The van der Waals surface area contributed by atoms with Gasteiger partial charge in [-0.25, -0.2) is 5.01 Å². The number of hydrogen-bond acceptors (Lipinski definition) is 2. The fourth-order valence-electron chi connectivity index (χ4n) is 1.42. The smallest absolute Gasteiger partial charge is 0.234 e. The van der Waals surface area contributed by atoms with E-state index in [4.69, 9.17) is 0 Å². The summed E-state index contributed by atoms with van der Waals surface area (Å²) < 4.78 is 0. The number of rotatable bonds is 4. The zero-order valence-corrected chi connectivity index (χ0v) is 7.97. The first kappa shape index (κ1) is 9.52. The van der Waals surface area contributed by atoms with E-state index in [0.29, 0.717) is 6.42 Å². The van der Waals surface area contributed by atoms with Crippen LogP contribution in [0.4, 0.5) is 0 Å². The van der Waals surface area contributed by atoms with E-state index >= 15 is 0 Å². The second kappa shape index (κ2) is 4.45. The first-order valence-electron chi connectivity index (χ1n) is 4.65. The van der Waals surface area contributed by atoms with Crippen molar-refractivity contribution in [3.05, 3.63) is 0 Å². The van der Waals surface area contributed by atoms with Crippen LogP contribution in [0.5, 0.6) is 0 Å². The van der Waals surface area contributed by atoms with Crippen molar-refractivity contribution < 1.29 is 4.79 Å². The summed E-state index contributed by atoms with van der Waals surface area (Å²) in [6.45, 7) is 0. The molecule has 0 radical (unpaired) electrons. The van der Waals surface area contributed by atoms with Gasteiger partial charge in [0, 0.05) is 20.5 Å². The maximum absolute atomic E-state index is 11.1. The predicted molar refractivity (Wildman–Crippen MR) is 48.4 cm³/mol. The van der Waals surface area contributed by atoms with Gasteiger partial charge in [-0.3, -0.25) is 10.2 Å². The SMILES string of the molecule is CN(C)NC(=O)CCC1CCC1. The molecule has 1 aliphatic rings. The van der Waals surface area contributed by atoms with Crippen molar-refractivity contribution in [1.82, 2.24) is 10.4 Å². The summed E-state index contributed by atoms with van der Waals surface area (Å²) in [7, 11) is 3.67. The van der Waals surface area contributed by atoms with E-state index in [1.807, 2.05) is 14.1 Å².